The molecule has 33 heavy (non-hydrogen) atoms. The van der Waals surface area contributed by atoms with Crippen LogP contribution in [0.5, 0.6) is 5.75 Å². The normalized spacial score (nSPS) is 18.7. The van der Waals surface area contributed by atoms with E-state index < -0.39 is 0 Å². The Balaban J connectivity index is 1.44. The summed E-state index contributed by atoms with van der Waals surface area (Å²) in [5.74, 6) is 0.765. The monoisotopic (exact) mass is 471 g/mol. The van der Waals surface area contributed by atoms with Crippen LogP contribution in [0.4, 0.5) is 0 Å². The third-order valence-corrected chi connectivity index (χ3v) is 6.89. The van der Waals surface area contributed by atoms with Crippen LogP contribution in [0, 0.1) is 5.41 Å². The molecule has 176 valence electrons. The van der Waals surface area contributed by atoms with E-state index in [9.17, 15) is 9.59 Å². The van der Waals surface area contributed by atoms with Crippen LogP contribution in [-0.2, 0) is 4.79 Å². The molecule has 2 aromatic rings. The molecule has 1 aromatic carbocycles. The molecule has 0 radical (unpaired) electrons. The van der Waals surface area contributed by atoms with E-state index in [0.29, 0.717) is 49.7 Å². The van der Waals surface area contributed by atoms with Crippen molar-refractivity contribution >= 4 is 23.4 Å². The van der Waals surface area contributed by atoms with E-state index >= 15 is 0 Å². The number of likely N-dealkylation sites (N-methyl/N-ethyl adjacent to an activating group) is 1. The molecular formula is C24H30ClN5O3. The molecule has 4 rings (SSSR count). The minimum atomic E-state index is -0.334. The lowest BCUT2D eigenvalue weighted by Crippen LogP contribution is -2.51. The van der Waals surface area contributed by atoms with Gasteiger partial charge in [-0.05, 0) is 44.2 Å². The molecule has 0 spiro atoms. The molecule has 1 aromatic heterocycles. The van der Waals surface area contributed by atoms with Gasteiger partial charge in [-0.15, -0.1) is 0 Å². The molecule has 2 aliphatic heterocycles. The zero-order chi connectivity index (χ0) is 23.3. The van der Waals surface area contributed by atoms with Crippen molar-refractivity contribution < 1.29 is 14.3 Å². The Kier molecular flexibility index (Phi) is 7.45. The molecule has 0 atom stereocenters. The summed E-state index contributed by atoms with van der Waals surface area (Å²) in [6, 6.07) is 7.26. The van der Waals surface area contributed by atoms with Gasteiger partial charge in [0.2, 0.25) is 5.91 Å². The van der Waals surface area contributed by atoms with Crippen molar-refractivity contribution in [3.63, 3.8) is 0 Å². The first-order valence-electron chi connectivity index (χ1n) is 11.3. The highest BCUT2D eigenvalue weighted by molar-refractivity contribution is 6.30. The van der Waals surface area contributed by atoms with Gasteiger partial charge in [0.25, 0.3) is 5.91 Å². The summed E-state index contributed by atoms with van der Waals surface area (Å²) >= 11 is 5.99. The third kappa shape index (κ3) is 6.00. The summed E-state index contributed by atoms with van der Waals surface area (Å²) in [5.41, 5.74) is 0.00934. The quantitative estimate of drug-likeness (QED) is 0.644. The van der Waals surface area contributed by atoms with Crippen molar-refractivity contribution in [3.8, 4) is 5.75 Å². The standard InChI is InChI=1S/C24H30ClN5O3/c1-28-12-14-29(15-13-28)22(31)16-24(18-33-20-4-2-19(25)3-5-20)6-10-30(11-7-24)23(32)21-17-26-8-9-27-21/h2-5,8-9,17H,6-7,10-16,18H2,1H3. The highest BCUT2D eigenvalue weighted by atomic mass is 35.5. The average Bonchev–Trinajstić information content (AvgIpc) is 2.85. The van der Waals surface area contributed by atoms with Crippen LogP contribution < -0.4 is 4.74 Å². The number of benzene rings is 1. The Morgan fingerprint density at radius 1 is 1.00 bits per heavy atom. The van der Waals surface area contributed by atoms with Crippen LogP contribution in [-0.4, -0.2) is 89.4 Å². The fourth-order valence-corrected chi connectivity index (χ4v) is 4.51. The van der Waals surface area contributed by atoms with E-state index in [4.69, 9.17) is 16.3 Å². The summed E-state index contributed by atoms with van der Waals surface area (Å²) in [6.45, 7) is 4.80. The van der Waals surface area contributed by atoms with Crippen LogP contribution in [0.15, 0.2) is 42.9 Å². The number of piperazine rings is 1. The van der Waals surface area contributed by atoms with Crippen LogP contribution in [0.25, 0.3) is 0 Å². The van der Waals surface area contributed by atoms with Gasteiger partial charge in [-0.25, -0.2) is 4.98 Å². The SMILES string of the molecule is CN1CCN(C(=O)CC2(COc3ccc(Cl)cc3)CCN(C(=O)c3cnccn3)CC2)CC1. The number of ether oxygens (including phenoxy) is 1. The number of likely N-dealkylation sites (tertiary alicyclic amines) is 1. The van der Waals surface area contributed by atoms with Gasteiger partial charge in [-0.2, -0.15) is 0 Å². The number of piperidine rings is 1. The number of hydrogen-bond acceptors (Lipinski definition) is 6. The van der Waals surface area contributed by atoms with Crippen molar-refractivity contribution in [1.29, 1.82) is 0 Å². The smallest absolute Gasteiger partial charge is 0.274 e. The van der Waals surface area contributed by atoms with Crippen molar-refractivity contribution in [2.24, 2.45) is 5.41 Å². The summed E-state index contributed by atoms with van der Waals surface area (Å²) < 4.78 is 6.13. The minimum absolute atomic E-state index is 0.124. The molecule has 2 amide bonds. The lowest BCUT2D eigenvalue weighted by atomic mass is 9.75. The first kappa shape index (κ1) is 23.4. The molecule has 9 heteroatoms. The Labute approximate surface area is 199 Å². The van der Waals surface area contributed by atoms with Gasteiger partial charge in [-0.3, -0.25) is 14.6 Å². The highest BCUT2D eigenvalue weighted by Crippen LogP contribution is 2.37. The van der Waals surface area contributed by atoms with E-state index in [2.05, 4.69) is 21.9 Å². The van der Waals surface area contributed by atoms with Gasteiger partial charge in [0.05, 0.1) is 12.8 Å². The average molecular weight is 472 g/mol. The van der Waals surface area contributed by atoms with Crippen LogP contribution in [0.1, 0.15) is 29.8 Å². The van der Waals surface area contributed by atoms with Gasteiger partial charge in [-0.1, -0.05) is 11.6 Å². The molecule has 0 N–H and O–H groups in total. The first-order chi connectivity index (χ1) is 15.9. The van der Waals surface area contributed by atoms with E-state index in [0.717, 1.165) is 31.9 Å². The molecule has 8 nitrogen and oxygen atoms in total. The number of hydrogen-bond donors (Lipinski definition) is 0. The fourth-order valence-electron chi connectivity index (χ4n) is 4.38. The van der Waals surface area contributed by atoms with Crippen LogP contribution >= 0.6 is 11.6 Å². The summed E-state index contributed by atoms with van der Waals surface area (Å²) in [6.07, 6.45) is 6.35. The second-order valence-electron chi connectivity index (χ2n) is 8.99. The molecule has 2 aliphatic rings. The van der Waals surface area contributed by atoms with Crippen molar-refractivity contribution in [2.75, 3.05) is 52.9 Å². The zero-order valence-electron chi connectivity index (χ0n) is 19.0. The predicted octanol–water partition coefficient (Wildman–Crippen LogP) is 2.60. The summed E-state index contributed by atoms with van der Waals surface area (Å²) in [5, 5.41) is 0.651. The molecule has 0 bridgehead atoms. The largest absolute Gasteiger partial charge is 0.493 e. The van der Waals surface area contributed by atoms with Gasteiger partial charge in [0.1, 0.15) is 11.4 Å². The van der Waals surface area contributed by atoms with E-state index in [1.54, 1.807) is 23.2 Å². The molecule has 0 saturated carbocycles. The Morgan fingerprint density at radius 2 is 1.70 bits per heavy atom. The Bertz CT molecular complexity index is 940. The number of amides is 2. The van der Waals surface area contributed by atoms with Crippen molar-refractivity contribution in [1.82, 2.24) is 24.7 Å². The second-order valence-corrected chi connectivity index (χ2v) is 9.42. The first-order valence-corrected chi connectivity index (χ1v) is 11.7. The highest BCUT2D eigenvalue weighted by Gasteiger charge is 2.40. The van der Waals surface area contributed by atoms with Gasteiger partial charge >= 0.3 is 0 Å². The maximum Gasteiger partial charge on any atom is 0.274 e. The number of carbonyl (C=O) groups is 2. The number of aromatic nitrogens is 2. The molecule has 0 unspecified atom stereocenters. The topological polar surface area (TPSA) is 78.9 Å². The Hall–Kier alpha value is -2.71. The van der Waals surface area contributed by atoms with E-state index in [1.807, 2.05) is 17.0 Å². The van der Waals surface area contributed by atoms with Crippen molar-refractivity contribution in [2.45, 2.75) is 19.3 Å². The number of halogens is 1. The number of nitrogens with zero attached hydrogens (tertiary/aromatic N) is 5. The zero-order valence-corrected chi connectivity index (χ0v) is 19.7. The van der Waals surface area contributed by atoms with E-state index in [-0.39, 0.29) is 17.2 Å². The Morgan fingerprint density at radius 3 is 2.33 bits per heavy atom. The lowest BCUT2D eigenvalue weighted by Gasteiger charge is -2.42. The van der Waals surface area contributed by atoms with Crippen molar-refractivity contribution in [3.05, 3.63) is 53.6 Å². The maximum atomic E-state index is 13.2. The number of rotatable bonds is 6. The van der Waals surface area contributed by atoms with E-state index in [1.165, 1.54) is 12.4 Å². The lowest BCUT2D eigenvalue weighted by molar-refractivity contribution is -0.136. The van der Waals surface area contributed by atoms with Gasteiger partial charge < -0.3 is 19.4 Å². The molecule has 0 aliphatic carbocycles. The van der Waals surface area contributed by atoms with Gasteiger partial charge in [0, 0.05) is 68.5 Å². The van der Waals surface area contributed by atoms with Crippen LogP contribution in [0.2, 0.25) is 5.02 Å². The maximum absolute atomic E-state index is 13.2. The molecule has 2 saturated heterocycles. The molecule has 2 fully saturated rings. The predicted molar refractivity (Wildman–Crippen MR) is 125 cm³/mol. The summed E-state index contributed by atoms with van der Waals surface area (Å²) in [7, 11) is 2.08. The van der Waals surface area contributed by atoms with Crippen LogP contribution in [0.3, 0.4) is 0 Å². The molecular weight excluding hydrogens is 442 g/mol. The molecule has 3 heterocycles. The number of carbonyl (C=O) groups excluding carboxylic acids is 2. The minimum Gasteiger partial charge on any atom is -0.493 e. The van der Waals surface area contributed by atoms with Gasteiger partial charge in [0.15, 0.2) is 0 Å². The third-order valence-electron chi connectivity index (χ3n) is 6.63. The summed E-state index contributed by atoms with van der Waals surface area (Å²) in [4.78, 5) is 40.2. The fraction of sp³-hybridized carbons (Fsp3) is 0.500. The second kappa shape index (κ2) is 10.5.